The molecule has 2 aromatic rings. The van der Waals surface area contributed by atoms with Gasteiger partial charge in [-0.15, -0.1) is 0 Å². The van der Waals surface area contributed by atoms with Crippen LogP contribution in [0.15, 0.2) is 28.8 Å². The van der Waals surface area contributed by atoms with E-state index in [9.17, 15) is 9.59 Å². The van der Waals surface area contributed by atoms with Crippen LogP contribution in [0, 0.1) is 0 Å². The monoisotopic (exact) mass is 348 g/mol. The van der Waals surface area contributed by atoms with Crippen LogP contribution < -0.4 is 14.8 Å². The maximum Gasteiger partial charge on any atom is 0.376 e. The molecule has 1 heterocycles. The first-order valence-corrected chi connectivity index (χ1v) is 7.42. The van der Waals surface area contributed by atoms with Crippen LogP contribution in [0.5, 0.6) is 11.5 Å². The number of ether oxygens (including phenoxy) is 3. The minimum atomic E-state index is -0.886. The Hall–Kier alpha value is -3.03. The summed E-state index contributed by atoms with van der Waals surface area (Å²) in [6.45, 7) is 3.47. The third kappa shape index (κ3) is 4.09. The number of esters is 1. The zero-order valence-corrected chi connectivity index (χ0v) is 14.7. The van der Waals surface area contributed by atoms with E-state index >= 15 is 0 Å². The van der Waals surface area contributed by atoms with Gasteiger partial charge >= 0.3 is 5.97 Å². The lowest BCUT2D eigenvalue weighted by atomic mass is 9.99. The molecule has 8 nitrogen and oxygen atoms in total. The highest BCUT2D eigenvalue weighted by Crippen LogP contribution is 2.25. The Balaban J connectivity index is 2.23. The fraction of sp³-hybridized carbons (Fsp3) is 0.353. The van der Waals surface area contributed by atoms with Gasteiger partial charge in [0.1, 0.15) is 17.2 Å². The standard InChI is InChI=1S/C17H20N2O6/c1-17(2,14-9-13(25-19-14)16(21)24-5)18-15(20)10-6-11(22-3)8-12(7-10)23-4/h6-9H,1-5H3,(H,18,20). The van der Waals surface area contributed by atoms with E-state index in [1.165, 1.54) is 27.4 Å². The van der Waals surface area contributed by atoms with Crippen LogP contribution in [0.25, 0.3) is 0 Å². The number of aromatic nitrogens is 1. The average Bonchev–Trinajstić information content (AvgIpc) is 3.11. The highest BCUT2D eigenvalue weighted by atomic mass is 16.5. The number of nitrogens with zero attached hydrogens (tertiary/aromatic N) is 1. The molecule has 0 atom stereocenters. The van der Waals surface area contributed by atoms with E-state index in [1.54, 1.807) is 32.0 Å². The number of carbonyl (C=O) groups is 2. The van der Waals surface area contributed by atoms with E-state index in [-0.39, 0.29) is 11.7 Å². The highest BCUT2D eigenvalue weighted by molar-refractivity contribution is 5.95. The van der Waals surface area contributed by atoms with Crippen molar-refractivity contribution in [1.82, 2.24) is 10.5 Å². The second-order valence-electron chi connectivity index (χ2n) is 5.75. The van der Waals surface area contributed by atoms with Crippen molar-refractivity contribution in [1.29, 1.82) is 0 Å². The first-order chi connectivity index (χ1) is 11.8. The van der Waals surface area contributed by atoms with Gasteiger partial charge < -0.3 is 24.1 Å². The number of carbonyl (C=O) groups excluding carboxylic acids is 2. The van der Waals surface area contributed by atoms with E-state index in [1.807, 2.05) is 0 Å². The maximum absolute atomic E-state index is 12.6. The molecule has 134 valence electrons. The van der Waals surface area contributed by atoms with Gasteiger partial charge in [-0.25, -0.2) is 4.79 Å². The zero-order chi connectivity index (χ0) is 18.6. The van der Waals surface area contributed by atoms with Crippen molar-refractivity contribution in [2.45, 2.75) is 19.4 Å². The largest absolute Gasteiger partial charge is 0.497 e. The summed E-state index contributed by atoms with van der Waals surface area (Å²) in [6, 6.07) is 6.29. The number of amides is 1. The minimum absolute atomic E-state index is 0.0390. The second-order valence-corrected chi connectivity index (χ2v) is 5.75. The highest BCUT2D eigenvalue weighted by Gasteiger charge is 2.29. The predicted octanol–water partition coefficient (Wildman–Crippen LogP) is 2.14. The summed E-state index contributed by atoms with van der Waals surface area (Å²) in [6.07, 6.45) is 0. The van der Waals surface area contributed by atoms with Gasteiger partial charge in [0.25, 0.3) is 5.91 Å². The van der Waals surface area contributed by atoms with Crippen molar-refractivity contribution in [3.05, 3.63) is 41.3 Å². The molecule has 0 aliphatic heterocycles. The molecular formula is C17H20N2O6. The summed E-state index contributed by atoms with van der Waals surface area (Å²) in [5, 5.41) is 6.67. The van der Waals surface area contributed by atoms with Gasteiger partial charge in [0.2, 0.25) is 5.76 Å². The zero-order valence-electron chi connectivity index (χ0n) is 14.7. The van der Waals surface area contributed by atoms with Crippen molar-refractivity contribution >= 4 is 11.9 Å². The molecule has 1 aromatic carbocycles. The predicted molar refractivity (Wildman–Crippen MR) is 87.9 cm³/mol. The van der Waals surface area contributed by atoms with Crippen molar-refractivity contribution in [2.24, 2.45) is 0 Å². The van der Waals surface area contributed by atoms with Crippen LogP contribution >= 0.6 is 0 Å². The summed E-state index contributed by atoms with van der Waals surface area (Å²) >= 11 is 0. The lowest BCUT2D eigenvalue weighted by molar-refractivity contribution is 0.0554. The van der Waals surface area contributed by atoms with Crippen molar-refractivity contribution in [3.63, 3.8) is 0 Å². The number of nitrogens with one attached hydrogen (secondary N) is 1. The quantitative estimate of drug-likeness (QED) is 0.798. The molecule has 1 N–H and O–H groups in total. The molecule has 1 amide bonds. The van der Waals surface area contributed by atoms with E-state index < -0.39 is 11.5 Å². The maximum atomic E-state index is 12.6. The van der Waals surface area contributed by atoms with Crippen LogP contribution in [0.4, 0.5) is 0 Å². The third-order valence-electron chi connectivity index (χ3n) is 3.58. The Morgan fingerprint density at radius 3 is 2.16 bits per heavy atom. The van der Waals surface area contributed by atoms with Gasteiger partial charge in [0, 0.05) is 17.7 Å². The average molecular weight is 348 g/mol. The van der Waals surface area contributed by atoms with Crippen molar-refractivity contribution < 1.29 is 28.3 Å². The molecule has 8 heteroatoms. The van der Waals surface area contributed by atoms with Gasteiger partial charge in [0.15, 0.2) is 0 Å². The Morgan fingerprint density at radius 2 is 1.64 bits per heavy atom. The summed E-state index contributed by atoms with van der Waals surface area (Å²) in [4.78, 5) is 24.1. The van der Waals surface area contributed by atoms with Gasteiger partial charge in [-0.3, -0.25) is 4.79 Å². The van der Waals surface area contributed by atoms with E-state index in [0.29, 0.717) is 22.8 Å². The van der Waals surface area contributed by atoms with Crippen molar-refractivity contribution in [2.75, 3.05) is 21.3 Å². The van der Waals surface area contributed by atoms with Crippen LogP contribution in [-0.4, -0.2) is 38.4 Å². The molecule has 2 rings (SSSR count). The van der Waals surface area contributed by atoms with Gasteiger partial charge in [-0.1, -0.05) is 5.16 Å². The third-order valence-corrected chi connectivity index (χ3v) is 3.58. The molecule has 0 saturated heterocycles. The van der Waals surface area contributed by atoms with Crippen molar-refractivity contribution in [3.8, 4) is 11.5 Å². The molecule has 0 spiro atoms. The molecule has 0 aliphatic rings. The SMILES string of the molecule is COC(=O)c1cc(C(C)(C)NC(=O)c2cc(OC)cc(OC)c2)no1. The molecule has 0 radical (unpaired) electrons. The number of hydrogen-bond donors (Lipinski definition) is 1. The van der Waals surface area contributed by atoms with Gasteiger partial charge in [-0.05, 0) is 26.0 Å². The molecule has 0 unspecified atom stereocenters. The minimum Gasteiger partial charge on any atom is -0.497 e. The fourth-order valence-electron chi connectivity index (χ4n) is 2.13. The van der Waals surface area contributed by atoms with Crippen LogP contribution in [0.3, 0.4) is 0 Å². The normalized spacial score (nSPS) is 10.9. The first kappa shape index (κ1) is 18.3. The smallest absolute Gasteiger partial charge is 0.376 e. The number of rotatable bonds is 6. The second kappa shape index (κ2) is 7.25. The number of methoxy groups -OCH3 is 3. The lowest BCUT2D eigenvalue weighted by Gasteiger charge is -2.23. The van der Waals surface area contributed by atoms with Gasteiger partial charge in [0.05, 0.1) is 26.9 Å². The summed E-state index contributed by atoms with van der Waals surface area (Å²) in [5.74, 6) is -0.0421. The Bertz CT molecular complexity index is 759. The van der Waals surface area contributed by atoms with Crippen LogP contribution in [0.2, 0.25) is 0 Å². The topological polar surface area (TPSA) is 99.9 Å². The molecule has 1 aromatic heterocycles. The van der Waals surface area contributed by atoms with E-state index in [4.69, 9.17) is 14.0 Å². The van der Waals surface area contributed by atoms with Gasteiger partial charge in [-0.2, -0.15) is 0 Å². The Kier molecular flexibility index (Phi) is 5.31. The summed E-state index contributed by atoms with van der Waals surface area (Å²) in [7, 11) is 4.25. The molecule has 0 saturated carbocycles. The molecule has 0 bridgehead atoms. The molecule has 0 aliphatic carbocycles. The fourth-order valence-corrected chi connectivity index (χ4v) is 2.13. The summed E-state index contributed by atoms with van der Waals surface area (Å²) < 4.78 is 19.9. The number of hydrogen-bond acceptors (Lipinski definition) is 7. The van der Waals surface area contributed by atoms with Crippen LogP contribution in [0.1, 0.15) is 40.5 Å². The Labute approximate surface area is 145 Å². The Morgan fingerprint density at radius 1 is 1.04 bits per heavy atom. The first-order valence-electron chi connectivity index (χ1n) is 7.42. The van der Waals surface area contributed by atoms with E-state index in [2.05, 4.69) is 15.2 Å². The summed E-state index contributed by atoms with van der Waals surface area (Å²) in [5.41, 5.74) is -0.138. The molecular weight excluding hydrogens is 328 g/mol. The number of benzene rings is 1. The lowest BCUT2D eigenvalue weighted by Crippen LogP contribution is -2.41. The molecule has 0 fully saturated rings. The van der Waals surface area contributed by atoms with Crippen LogP contribution in [-0.2, 0) is 10.3 Å². The van der Waals surface area contributed by atoms with E-state index in [0.717, 1.165) is 0 Å². The molecule has 25 heavy (non-hydrogen) atoms.